The van der Waals surface area contributed by atoms with E-state index in [2.05, 4.69) is 35.3 Å². The van der Waals surface area contributed by atoms with E-state index in [-0.39, 0.29) is 11.9 Å². The molecule has 0 radical (unpaired) electrons. The van der Waals surface area contributed by atoms with Crippen molar-refractivity contribution in [2.75, 3.05) is 6.54 Å². The van der Waals surface area contributed by atoms with Crippen LogP contribution in [0.25, 0.3) is 0 Å². The van der Waals surface area contributed by atoms with Gasteiger partial charge in [-0.25, -0.2) is 0 Å². The summed E-state index contributed by atoms with van der Waals surface area (Å²) >= 11 is 0. The molecule has 4 nitrogen and oxygen atoms in total. The first-order valence-corrected chi connectivity index (χ1v) is 7.47. The summed E-state index contributed by atoms with van der Waals surface area (Å²) in [6.45, 7) is 6.73. The van der Waals surface area contributed by atoms with E-state index >= 15 is 0 Å². The Morgan fingerprint density at radius 2 is 2.05 bits per heavy atom. The summed E-state index contributed by atoms with van der Waals surface area (Å²) in [5.41, 5.74) is 4.89. The maximum atomic E-state index is 12.9. The van der Waals surface area contributed by atoms with Gasteiger partial charge in [-0.1, -0.05) is 24.3 Å². The second-order valence-electron chi connectivity index (χ2n) is 5.82. The molecule has 0 bridgehead atoms. The van der Waals surface area contributed by atoms with Crippen LogP contribution in [-0.4, -0.2) is 27.5 Å². The molecule has 1 amide bonds. The highest BCUT2D eigenvalue weighted by Crippen LogP contribution is 2.35. The lowest BCUT2D eigenvalue weighted by molar-refractivity contribution is 0.0734. The van der Waals surface area contributed by atoms with E-state index in [4.69, 9.17) is 0 Å². The highest BCUT2D eigenvalue weighted by molar-refractivity contribution is 5.96. The van der Waals surface area contributed by atoms with Crippen LogP contribution in [-0.2, 0) is 0 Å². The summed E-state index contributed by atoms with van der Waals surface area (Å²) in [6.07, 6.45) is 2.09. The number of benzene rings is 1. The molecule has 0 saturated carbocycles. The molecule has 1 N–H and O–H groups in total. The zero-order chi connectivity index (χ0) is 15.0. The smallest absolute Gasteiger partial charge is 0.258 e. The number of H-pyrrole nitrogens is 1. The minimum atomic E-state index is 0.101. The molecule has 0 aliphatic carbocycles. The number of nitrogens with zero attached hydrogens (tertiary/aromatic N) is 2. The number of carbonyl (C=O) groups excluding carboxylic acids is 1. The van der Waals surface area contributed by atoms with Gasteiger partial charge in [-0.2, -0.15) is 5.10 Å². The lowest BCUT2D eigenvalue weighted by Gasteiger charge is -2.26. The number of likely N-dealkylation sites (tertiary alicyclic amines) is 1. The monoisotopic (exact) mass is 283 g/mol. The second-order valence-corrected chi connectivity index (χ2v) is 5.82. The van der Waals surface area contributed by atoms with E-state index in [0.717, 1.165) is 36.3 Å². The van der Waals surface area contributed by atoms with Gasteiger partial charge in [0, 0.05) is 12.2 Å². The molecule has 1 fully saturated rings. The Hall–Kier alpha value is -2.10. The van der Waals surface area contributed by atoms with Crippen LogP contribution in [0.15, 0.2) is 24.3 Å². The third-order valence-electron chi connectivity index (χ3n) is 4.40. The fraction of sp³-hybridized carbons (Fsp3) is 0.412. The van der Waals surface area contributed by atoms with Gasteiger partial charge in [-0.05, 0) is 44.7 Å². The Kier molecular flexibility index (Phi) is 3.53. The number of rotatable bonds is 2. The van der Waals surface area contributed by atoms with Crippen molar-refractivity contribution in [3.63, 3.8) is 0 Å². The largest absolute Gasteiger partial charge is 0.331 e. The molecule has 2 aromatic rings. The molecule has 2 heterocycles. The lowest BCUT2D eigenvalue weighted by atomic mass is 9.99. The van der Waals surface area contributed by atoms with Gasteiger partial charge in [0.05, 0.1) is 17.3 Å². The van der Waals surface area contributed by atoms with Gasteiger partial charge in [0.2, 0.25) is 0 Å². The highest BCUT2D eigenvalue weighted by Gasteiger charge is 2.33. The lowest BCUT2D eigenvalue weighted by Crippen LogP contribution is -2.31. The third-order valence-corrected chi connectivity index (χ3v) is 4.40. The van der Waals surface area contributed by atoms with E-state index in [1.54, 1.807) is 0 Å². The van der Waals surface area contributed by atoms with Crippen molar-refractivity contribution >= 4 is 5.91 Å². The molecule has 1 atom stereocenters. The predicted molar refractivity (Wildman–Crippen MR) is 82.3 cm³/mol. The van der Waals surface area contributed by atoms with Crippen LogP contribution in [0.1, 0.15) is 51.8 Å². The summed E-state index contributed by atoms with van der Waals surface area (Å²) in [5.74, 6) is 0.101. The van der Waals surface area contributed by atoms with Gasteiger partial charge in [-0.15, -0.1) is 0 Å². The maximum absolute atomic E-state index is 12.9. The normalized spacial score (nSPS) is 18.2. The molecule has 1 aliphatic heterocycles. The fourth-order valence-electron chi connectivity index (χ4n) is 3.30. The number of amides is 1. The minimum absolute atomic E-state index is 0.101. The second kappa shape index (κ2) is 5.35. The fourth-order valence-corrected chi connectivity index (χ4v) is 3.30. The van der Waals surface area contributed by atoms with Gasteiger partial charge >= 0.3 is 0 Å². The molecule has 1 aliphatic rings. The van der Waals surface area contributed by atoms with Crippen LogP contribution >= 0.6 is 0 Å². The summed E-state index contributed by atoms with van der Waals surface area (Å²) < 4.78 is 0. The molecule has 110 valence electrons. The molecular weight excluding hydrogens is 262 g/mol. The van der Waals surface area contributed by atoms with E-state index in [9.17, 15) is 4.79 Å². The predicted octanol–water partition coefficient (Wildman–Crippen LogP) is 3.31. The van der Waals surface area contributed by atoms with Crippen molar-refractivity contribution in [3.8, 4) is 0 Å². The Balaban J connectivity index is 1.95. The molecule has 3 rings (SSSR count). The van der Waals surface area contributed by atoms with Crippen molar-refractivity contribution < 1.29 is 4.79 Å². The van der Waals surface area contributed by atoms with Gasteiger partial charge in [0.25, 0.3) is 5.91 Å². The van der Waals surface area contributed by atoms with E-state index < -0.39 is 0 Å². The zero-order valence-corrected chi connectivity index (χ0v) is 12.8. The van der Waals surface area contributed by atoms with Crippen molar-refractivity contribution in [1.29, 1.82) is 0 Å². The van der Waals surface area contributed by atoms with Crippen LogP contribution in [0.2, 0.25) is 0 Å². The standard InChI is InChI=1S/C17H21N3O/c1-11-7-4-5-8-14(11)15-9-6-10-20(15)17(21)16-12(2)18-19-13(16)3/h4-5,7-8,15H,6,9-10H2,1-3H3,(H,18,19). The average molecular weight is 283 g/mol. The molecule has 0 spiro atoms. The van der Waals surface area contributed by atoms with Gasteiger partial charge in [0.1, 0.15) is 0 Å². The Bertz CT molecular complexity index is 655. The van der Waals surface area contributed by atoms with Crippen LogP contribution in [0.5, 0.6) is 0 Å². The molecule has 21 heavy (non-hydrogen) atoms. The molecule has 1 aromatic heterocycles. The molecular formula is C17H21N3O. The Labute approximate surface area is 125 Å². The summed E-state index contributed by atoms with van der Waals surface area (Å²) in [5, 5.41) is 7.06. The highest BCUT2D eigenvalue weighted by atomic mass is 16.2. The molecule has 1 aromatic carbocycles. The summed E-state index contributed by atoms with van der Waals surface area (Å²) in [6, 6.07) is 8.54. The number of hydrogen-bond donors (Lipinski definition) is 1. The summed E-state index contributed by atoms with van der Waals surface area (Å²) in [4.78, 5) is 14.9. The first-order chi connectivity index (χ1) is 10.1. The van der Waals surface area contributed by atoms with E-state index in [0.29, 0.717) is 0 Å². The van der Waals surface area contributed by atoms with Gasteiger partial charge in [-0.3, -0.25) is 9.89 Å². The first kappa shape index (κ1) is 13.9. The quantitative estimate of drug-likeness (QED) is 0.919. The average Bonchev–Trinajstić information content (AvgIpc) is 3.06. The SMILES string of the molecule is Cc1ccccc1C1CCCN1C(=O)c1c(C)n[nH]c1C. The summed E-state index contributed by atoms with van der Waals surface area (Å²) in [7, 11) is 0. The number of aryl methyl sites for hydroxylation is 3. The van der Waals surface area contributed by atoms with E-state index in [1.807, 2.05) is 24.8 Å². The Morgan fingerprint density at radius 1 is 1.29 bits per heavy atom. The van der Waals surface area contributed by atoms with Crippen LogP contribution in [0.4, 0.5) is 0 Å². The van der Waals surface area contributed by atoms with Gasteiger partial charge < -0.3 is 4.90 Å². The van der Waals surface area contributed by atoms with Gasteiger partial charge in [0.15, 0.2) is 0 Å². The maximum Gasteiger partial charge on any atom is 0.258 e. The first-order valence-electron chi connectivity index (χ1n) is 7.47. The van der Waals surface area contributed by atoms with E-state index in [1.165, 1.54) is 11.1 Å². The van der Waals surface area contributed by atoms with Crippen molar-refractivity contribution in [3.05, 3.63) is 52.3 Å². The van der Waals surface area contributed by atoms with Crippen molar-refractivity contribution in [2.24, 2.45) is 0 Å². The number of aromatic nitrogens is 2. The number of carbonyl (C=O) groups is 1. The third kappa shape index (κ3) is 2.35. The van der Waals surface area contributed by atoms with Crippen molar-refractivity contribution in [1.82, 2.24) is 15.1 Å². The molecule has 1 unspecified atom stereocenters. The Morgan fingerprint density at radius 3 is 2.71 bits per heavy atom. The number of hydrogen-bond acceptors (Lipinski definition) is 2. The van der Waals surface area contributed by atoms with Crippen LogP contribution in [0.3, 0.4) is 0 Å². The van der Waals surface area contributed by atoms with Crippen LogP contribution in [0, 0.1) is 20.8 Å². The topological polar surface area (TPSA) is 49.0 Å². The minimum Gasteiger partial charge on any atom is -0.331 e. The molecule has 4 heteroatoms. The molecule has 1 saturated heterocycles. The van der Waals surface area contributed by atoms with Crippen LogP contribution < -0.4 is 0 Å². The number of aromatic amines is 1. The van der Waals surface area contributed by atoms with Crippen molar-refractivity contribution in [2.45, 2.75) is 39.7 Å². The number of nitrogens with one attached hydrogen (secondary N) is 1. The zero-order valence-electron chi connectivity index (χ0n) is 12.8.